The van der Waals surface area contributed by atoms with Gasteiger partial charge in [-0.05, 0) is 29.8 Å². The van der Waals surface area contributed by atoms with E-state index in [0.29, 0.717) is 34.3 Å². The number of pyridine rings is 3. The first-order valence-corrected chi connectivity index (χ1v) is 14.8. The lowest BCUT2D eigenvalue weighted by molar-refractivity contribution is 0.161. The van der Waals surface area contributed by atoms with Crippen molar-refractivity contribution in [1.82, 2.24) is 24.5 Å². The summed E-state index contributed by atoms with van der Waals surface area (Å²) in [6.45, 7) is 0.858. The van der Waals surface area contributed by atoms with Crippen molar-refractivity contribution in [1.29, 1.82) is 5.26 Å². The quantitative estimate of drug-likeness (QED) is 0.241. The number of anilines is 1. The molecular weight excluding hydrogens is 564 g/mol. The summed E-state index contributed by atoms with van der Waals surface area (Å²) in [4.78, 5) is 16.3. The van der Waals surface area contributed by atoms with Gasteiger partial charge in [-0.25, -0.2) is 27.9 Å². The Kier molecular flexibility index (Phi) is 8.23. The molecule has 2 N–H and O–H groups in total. The van der Waals surface area contributed by atoms with Gasteiger partial charge in [-0.3, -0.25) is 4.90 Å². The number of hydrogen-bond acceptors (Lipinski definition) is 10. The Labute approximate surface area is 241 Å². The van der Waals surface area contributed by atoms with Gasteiger partial charge in [0.1, 0.15) is 11.9 Å². The molecule has 0 radical (unpaired) electrons. The van der Waals surface area contributed by atoms with Crippen LogP contribution in [0.1, 0.15) is 16.7 Å². The Morgan fingerprint density at radius 3 is 2.52 bits per heavy atom. The Balaban J connectivity index is 1.33. The maximum Gasteiger partial charge on any atom is 0.331 e. The van der Waals surface area contributed by atoms with E-state index in [1.165, 1.54) is 23.0 Å². The Morgan fingerprint density at radius 2 is 1.93 bits per heavy atom. The van der Waals surface area contributed by atoms with E-state index >= 15 is 0 Å². The van der Waals surface area contributed by atoms with Gasteiger partial charge in [-0.1, -0.05) is 6.07 Å². The van der Waals surface area contributed by atoms with Crippen LogP contribution in [0.2, 0.25) is 0 Å². The lowest BCUT2D eigenvalue weighted by Gasteiger charge is -2.35. The smallest absolute Gasteiger partial charge is 0.331 e. The summed E-state index contributed by atoms with van der Waals surface area (Å²) in [6.07, 6.45) is 9.69. The van der Waals surface area contributed by atoms with Crippen LogP contribution in [0.15, 0.2) is 71.3 Å². The van der Waals surface area contributed by atoms with Crippen molar-refractivity contribution in [2.75, 3.05) is 37.3 Å². The van der Waals surface area contributed by atoms with Crippen LogP contribution < -0.4 is 10.6 Å². The highest BCUT2D eigenvalue weighted by atomic mass is 32.2. The fourth-order valence-corrected chi connectivity index (χ4v) is 5.34. The van der Waals surface area contributed by atoms with Gasteiger partial charge in [0.15, 0.2) is 14.9 Å². The second-order valence-corrected chi connectivity index (χ2v) is 11.7. The molecule has 1 fully saturated rings. The van der Waals surface area contributed by atoms with E-state index in [1.54, 1.807) is 30.7 Å². The van der Waals surface area contributed by atoms with E-state index in [4.69, 9.17) is 5.73 Å². The van der Waals surface area contributed by atoms with E-state index in [0.717, 1.165) is 50.0 Å². The zero-order valence-corrected chi connectivity index (χ0v) is 23.4. The minimum Gasteiger partial charge on any atom is -0.404 e. The molecule has 14 heteroatoms. The number of aromatic nitrogens is 4. The lowest BCUT2D eigenvalue weighted by atomic mass is 10.0. The van der Waals surface area contributed by atoms with Crippen LogP contribution in [-0.2, 0) is 16.4 Å². The fraction of sp³-hybridized carbons (Fsp3) is 0.250. The third-order valence-electron chi connectivity index (χ3n) is 6.91. The molecule has 0 amide bonds. The Morgan fingerprint density at radius 1 is 1.14 bits per heavy atom. The summed E-state index contributed by atoms with van der Waals surface area (Å²) in [6, 6.07) is 11.0. The molecule has 0 aromatic carbocycles. The Hall–Kier alpha value is -4.74. The molecule has 5 rings (SSSR count). The summed E-state index contributed by atoms with van der Waals surface area (Å²) in [5.74, 6) is 0.797. The number of aliphatic imine (C=N–C) groups is 1. The summed E-state index contributed by atoms with van der Waals surface area (Å²) in [7, 11) is -3.33. The van der Waals surface area contributed by atoms with Gasteiger partial charge < -0.3 is 10.6 Å². The van der Waals surface area contributed by atoms with Crippen LogP contribution in [-0.4, -0.2) is 78.1 Å². The third kappa shape index (κ3) is 6.27. The monoisotopic (exact) mass is 591 g/mol. The predicted octanol–water partition coefficient (Wildman–Crippen LogP) is 2.98. The van der Waals surface area contributed by atoms with Crippen molar-refractivity contribution in [2.45, 2.75) is 18.1 Å². The molecule has 1 aliphatic rings. The van der Waals surface area contributed by atoms with Crippen LogP contribution in [0, 0.1) is 11.3 Å². The number of nitrogens with two attached hydrogens (primary N) is 1. The van der Waals surface area contributed by atoms with Gasteiger partial charge in [-0.15, -0.1) is 0 Å². The van der Waals surface area contributed by atoms with Gasteiger partial charge in [0.25, 0.3) is 0 Å². The number of alkyl halides is 2. The number of allylic oxidation sites excluding steroid dienone is 1. The van der Waals surface area contributed by atoms with Gasteiger partial charge in [0.05, 0.1) is 17.3 Å². The molecule has 0 atom stereocenters. The molecule has 1 saturated heterocycles. The predicted molar refractivity (Wildman–Crippen MR) is 155 cm³/mol. The number of rotatable bonds is 8. The fourth-order valence-electron chi connectivity index (χ4n) is 4.78. The molecule has 0 aliphatic carbocycles. The van der Waals surface area contributed by atoms with Crippen LogP contribution in [0.5, 0.6) is 0 Å². The van der Waals surface area contributed by atoms with E-state index in [1.807, 2.05) is 12.1 Å². The molecule has 0 spiro atoms. The van der Waals surface area contributed by atoms with Crippen molar-refractivity contribution in [3.8, 4) is 17.2 Å². The molecule has 4 aromatic rings. The van der Waals surface area contributed by atoms with Crippen molar-refractivity contribution >= 4 is 33.0 Å². The van der Waals surface area contributed by atoms with Gasteiger partial charge >= 0.3 is 6.55 Å². The van der Waals surface area contributed by atoms with Crippen LogP contribution >= 0.6 is 0 Å². The first kappa shape index (κ1) is 28.8. The highest BCUT2D eigenvalue weighted by Crippen LogP contribution is 2.31. The molecule has 1 aliphatic heterocycles. The maximum atomic E-state index is 12.7. The first-order valence-electron chi connectivity index (χ1n) is 12.9. The van der Waals surface area contributed by atoms with Crippen LogP contribution in [0.3, 0.4) is 0 Å². The van der Waals surface area contributed by atoms with E-state index < -0.39 is 16.4 Å². The number of halogens is 2. The lowest BCUT2D eigenvalue weighted by Crippen LogP contribution is -2.46. The van der Waals surface area contributed by atoms with E-state index in [9.17, 15) is 22.5 Å². The largest absolute Gasteiger partial charge is 0.404 e. The molecular formula is C28H27F2N9O2S. The van der Waals surface area contributed by atoms with Crippen LogP contribution in [0.4, 0.5) is 14.6 Å². The van der Waals surface area contributed by atoms with Crippen LogP contribution in [0.25, 0.3) is 22.2 Å². The standard InChI is InChI=1S/C28H27F2N9O2S/c1-42(40,41)26-5-2-19(13-34-26)17-37-6-8-38(9-7-37)25-4-3-20(14-33-25)24-10-21(22(11-31)15-35-28(29)30)18-39-27(24)23(12-32)16-36-39/h2-5,10-11,13-16,18,28H,6-9,17,31H2,1H3. The molecule has 216 valence electrons. The molecule has 5 heterocycles. The second-order valence-electron chi connectivity index (χ2n) is 9.73. The summed E-state index contributed by atoms with van der Waals surface area (Å²) < 4.78 is 50.2. The SMILES string of the molecule is CS(=O)(=O)c1ccc(CN2CCN(c3ccc(-c4cc(C(C=NC(F)F)=CN)cn5ncc(C#N)c45)cn3)CC2)cn1. The first-order chi connectivity index (χ1) is 20.2. The second kappa shape index (κ2) is 12.0. The molecule has 0 bridgehead atoms. The zero-order valence-electron chi connectivity index (χ0n) is 22.6. The summed E-state index contributed by atoms with van der Waals surface area (Å²) in [5.41, 5.74) is 9.70. The highest BCUT2D eigenvalue weighted by Gasteiger charge is 2.20. The van der Waals surface area contributed by atoms with E-state index in [2.05, 4.69) is 35.9 Å². The van der Waals surface area contributed by atoms with Gasteiger partial charge in [0, 0.05) is 92.2 Å². The van der Waals surface area contributed by atoms with Crippen molar-refractivity contribution in [2.24, 2.45) is 10.7 Å². The number of hydrogen-bond donors (Lipinski definition) is 1. The highest BCUT2D eigenvalue weighted by molar-refractivity contribution is 7.90. The average Bonchev–Trinajstić information content (AvgIpc) is 3.40. The molecule has 0 unspecified atom stereocenters. The summed E-state index contributed by atoms with van der Waals surface area (Å²) in [5, 5.41) is 14.0. The topological polar surface area (TPSA) is 146 Å². The number of nitrogens with zero attached hydrogens (tertiary/aromatic N) is 8. The zero-order chi connectivity index (χ0) is 29.9. The molecule has 42 heavy (non-hydrogen) atoms. The third-order valence-corrected chi connectivity index (χ3v) is 7.91. The normalized spacial score (nSPS) is 15.1. The molecule has 4 aromatic heterocycles. The van der Waals surface area contributed by atoms with E-state index in [-0.39, 0.29) is 10.6 Å². The molecule has 11 nitrogen and oxygen atoms in total. The minimum atomic E-state index is -3.33. The minimum absolute atomic E-state index is 0.0620. The number of piperazine rings is 1. The van der Waals surface area contributed by atoms with Crippen molar-refractivity contribution in [3.05, 3.63) is 78.0 Å². The number of fused-ring (bicyclic) bond motifs is 1. The van der Waals surface area contributed by atoms with Gasteiger partial charge in [-0.2, -0.15) is 19.1 Å². The van der Waals surface area contributed by atoms with Gasteiger partial charge in [0.2, 0.25) is 0 Å². The van der Waals surface area contributed by atoms with Crippen molar-refractivity contribution < 1.29 is 17.2 Å². The number of sulfone groups is 1. The Bertz CT molecular complexity index is 1790. The molecule has 0 saturated carbocycles. The maximum absolute atomic E-state index is 12.7. The van der Waals surface area contributed by atoms with Crippen molar-refractivity contribution in [3.63, 3.8) is 0 Å². The summed E-state index contributed by atoms with van der Waals surface area (Å²) >= 11 is 0. The number of nitriles is 1. The average molecular weight is 592 g/mol.